The second kappa shape index (κ2) is 15.8. The van der Waals surface area contributed by atoms with Crippen LogP contribution in [0.15, 0.2) is 224 Å². The molecule has 9 aromatic carbocycles. The Labute approximate surface area is 358 Å². The lowest BCUT2D eigenvalue weighted by molar-refractivity contribution is 0.879. The molecular formula is C57H37N3S. The Morgan fingerprint density at radius 1 is 0.262 bits per heavy atom. The van der Waals surface area contributed by atoms with Crippen LogP contribution in [0, 0.1) is 0 Å². The van der Waals surface area contributed by atoms with Crippen molar-refractivity contribution >= 4 is 31.5 Å². The summed E-state index contributed by atoms with van der Waals surface area (Å²) in [5.41, 5.74) is 16.8. The van der Waals surface area contributed by atoms with Gasteiger partial charge in [-0.05, 0) is 67.4 Å². The van der Waals surface area contributed by atoms with Gasteiger partial charge in [0.2, 0.25) is 0 Å². The summed E-state index contributed by atoms with van der Waals surface area (Å²) in [6.07, 6.45) is 0. The van der Waals surface area contributed by atoms with Crippen LogP contribution in [0.5, 0.6) is 0 Å². The molecule has 61 heavy (non-hydrogen) atoms. The van der Waals surface area contributed by atoms with Gasteiger partial charge in [-0.2, -0.15) is 0 Å². The number of hydrogen-bond donors (Lipinski definition) is 0. The minimum atomic E-state index is 0.769. The molecule has 0 N–H and O–H groups in total. The highest BCUT2D eigenvalue weighted by atomic mass is 32.1. The molecule has 0 unspecified atom stereocenters. The molecule has 0 saturated heterocycles. The van der Waals surface area contributed by atoms with Crippen molar-refractivity contribution in [3.05, 3.63) is 224 Å². The van der Waals surface area contributed by atoms with E-state index >= 15 is 0 Å². The Balaban J connectivity index is 1.30. The van der Waals surface area contributed by atoms with Crippen molar-refractivity contribution in [2.45, 2.75) is 0 Å². The Bertz CT molecular complexity index is 3340. The Hall–Kier alpha value is -7.79. The molecule has 0 saturated carbocycles. The van der Waals surface area contributed by atoms with Crippen LogP contribution in [0.3, 0.4) is 0 Å². The lowest BCUT2D eigenvalue weighted by atomic mass is 9.81. The van der Waals surface area contributed by atoms with Gasteiger partial charge in [0.15, 0.2) is 0 Å². The number of rotatable bonds is 8. The first-order valence-corrected chi connectivity index (χ1v) is 21.4. The Morgan fingerprint density at radius 3 is 1.36 bits per heavy atom. The lowest BCUT2D eigenvalue weighted by Crippen LogP contribution is -2.03. The van der Waals surface area contributed by atoms with Gasteiger partial charge >= 0.3 is 0 Å². The number of nitrogens with zero attached hydrogens (tertiary/aromatic N) is 3. The molecule has 0 aliphatic rings. The van der Waals surface area contributed by atoms with Crippen LogP contribution in [0.1, 0.15) is 0 Å². The van der Waals surface area contributed by atoms with Crippen molar-refractivity contribution in [2.24, 2.45) is 0 Å². The molecule has 0 amide bonds. The fourth-order valence-electron chi connectivity index (χ4n) is 8.90. The quantitative estimate of drug-likeness (QED) is 0.154. The summed E-state index contributed by atoms with van der Waals surface area (Å²) in [4.78, 5) is 0. The van der Waals surface area contributed by atoms with E-state index in [-0.39, 0.29) is 0 Å². The molecule has 0 atom stereocenters. The molecule has 0 radical (unpaired) electrons. The van der Waals surface area contributed by atoms with Gasteiger partial charge in [0, 0.05) is 48.0 Å². The molecule has 2 heterocycles. The summed E-state index contributed by atoms with van der Waals surface area (Å²) >= 11 is 1.84. The summed E-state index contributed by atoms with van der Waals surface area (Å²) in [6.45, 7) is 0. The minimum Gasteiger partial charge on any atom is -0.135 e. The molecular weight excluding hydrogens is 759 g/mol. The van der Waals surface area contributed by atoms with Crippen molar-refractivity contribution in [3.8, 4) is 89.3 Å². The van der Waals surface area contributed by atoms with Crippen LogP contribution in [-0.4, -0.2) is 15.4 Å². The molecule has 0 fully saturated rings. The van der Waals surface area contributed by atoms with Gasteiger partial charge in [-0.3, -0.25) is 0 Å². The van der Waals surface area contributed by atoms with E-state index in [4.69, 9.17) is 10.2 Å². The van der Waals surface area contributed by atoms with Crippen LogP contribution in [0.4, 0.5) is 0 Å². The summed E-state index contributed by atoms with van der Waals surface area (Å²) in [7, 11) is 0. The average Bonchev–Trinajstić information content (AvgIpc) is 3.73. The largest absolute Gasteiger partial charge is 0.135 e. The van der Waals surface area contributed by atoms with Crippen LogP contribution in [0.25, 0.3) is 109 Å². The SMILES string of the molecule is c1ccc(-c2ccccc2-c2ccc3sc4ccccc4c3c2-c2c(-c3ccccc3)cccc2-c2nnnc(-c3ccccc3-c3ccccc3)c2-c2ccccc2)cc1. The third kappa shape index (κ3) is 6.51. The number of hydrogen-bond acceptors (Lipinski definition) is 4. The molecule has 0 aliphatic carbocycles. The van der Waals surface area contributed by atoms with Crippen molar-refractivity contribution < 1.29 is 0 Å². The highest BCUT2D eigenvalue weighted by Crippen LogP contribution is 2.53. The van der Waals surface area contributed by atoms with Crippen LogP contribution in [0.2, 0.25) is 0 Å². The highest BCUT2D eigenvalue weighted by molar-refractivity contribution is 7.26. The predicted octanol–water partition coefficient (Wildman–Crippen LogP) is 15.6. The Kier molecular flexibility index (Phi) is 9.38. The van der Waals surface area contributed by atoms with Gasteiger partial charge < -0.3 is 0 Å². The van der Waals surface area contributed by atoms with Crippen molar-refractivity contribution in [1.29, 1.82) is 0 Å². The number of thiophene rings is 1. The van der Waals surface area contributed by atoms with E-state index in [1.165, 1.54) is 31.3 Å². The standard InChI is InChI=1S/C57H37N3S/c1-5-20-38(21-6-1)42-28-13-15-30-45(42)46-36-37-51-54(48-32-17-18-35-50(48)61-51)55(46)53-44(40-24-9-3-10-25-40)33-19-34-49(53)57-52(41-26-11-4-12-27-41)56(58-60-59-57)47-31-16-14-29-43(47)39-22-7-2-8-23-39/h1-37H. The third-order valence-electron chi connectivity index (χ3n) is 11.6. The van der Waals surface area contributed by atoms with Gasteiger partial charge in [-0.1, -0.05) is 212 Å². The predicted molar refractivity (Wildman–Crippen MR) is 256 cm³/mol. The number of aromatic nitrogens is 3. The molecule has 0 aliphatic heterocycles. The third-order valence-corrected chi connectivity index (χ3v) is 12.7. The summed E-state index contributed by atoms with van der Waals surface area (Å²) in [5, 5.41) is 17.1. The lowest BCUT2D eigenvalue weighted by Gasteiger charge is -2.23. The molecule has 0 bridgehead atoms. The van der Waals surface area contributed by atoms with E-state index in [9.17, 15) is 0 Å². The molecule has 286 valence electrons. The molecule has 4 heteroatoms. The van der Waals surface area contributed by atoms with E-state index in [0.29, 0.717) is 0 Å². The van der Waals surface area contributed by atoms with Crippen molar-refractivity contribution in [2.75, 3.05) is 0 Å². The van der Waals surface area contributed by atoms with Gasteiger partial charge in [0.1, 0.15) is 11.4 Å². The van der Waals surface area contributed by atoms with Crippen LogP contribution in [-0.2, 0) is 0 Å². The second-order valence-corrected chi connectivity index (χ2v) is 16.2. The zero-order valence-electron chi connectivity index (χ0n) is 33.1. The van der Waals surface area contributed by atoms with E-state index in [1.54, 1.807) is 0 Å². The van der Waals surface area contributed by atoms with E-state index in [1.807, 2.05) is 11.3 Å². The maximum absolute atomic E-state index is 5.07. The van der Waals surface area contributed by atoms with Gasteiger partial charge in [-0.15, -0.1) is 21.5 Å². The molecule has 11 aromatic rings. The topological polar surface area (TPSA) is 38.7 Å². The first kappa shape index (κ1) is 36.3. The number of benzene rings is 9. The zero-order chi connectivity index (χ0) is 40.5. The average molecular weight is 796 g/mol. The van der Waals surface area contributed by atoms with Crippen LogP contribution >= 0.6 is 11.3 Å². The monoisotopic (exact) mass is 795 g/mol. The Morgan fingerprint density at radius 2 is 0.721 bits per heavy atom. The maximum atomic E-state index is 5.07. The highest BCUT2D eigenvalue weighted by Gasteiger charge is 2.27. The minimum absolute atomic E-state index is 0.769. The molecule has 11 rings (SSSR count). The van der Waals surface area contributed by atoms with Crippen molar-refractivity contribution in [3.63, 3.8) is 0 Å². The van der Waals surface area contributed by atoms with Gasteiger partial charge in [-0.25, -0.2) is 0 Å². The zero-order valence-corrected chi connectivity index (χ0v) is 33.9. The first-order valence-electron chi connectivity index (χ1n) is 20.5. The normalized spacial score (nSPS) is 11.3. The van der Waals surface area contributed by atoms with Gasteiger partial charge in [0.05, 0.1) is 0 Å². The summed E-state index contributed by atoms with van der Waals surface area (Å²) in [5.74, 6) is 0. The van der Waals surface area contributed by atoms with Gasteiger partial charge in [0.25, 0.3) is 0 Å². The van der Waals surface area contributed by atoms with Crippen molar-refractivity contribution in [1.82, 2.24) is 15.4 Å². The summed E-state index contributed by atoms with van der Waals surface area (Å²) in [6, 6.07) is 80.0. The van der Waals surface area contributed by atoms with E-state index < -0.39 is 0 Å². The summed E-state index contributed by atoms with van der Waals surface area (Å²) < 4.78 is 2.48. The molecule has 2 aromatic heterocycles. The first-order chi connectivity index (χ1) is 30.3. The van der Waals surface area contributed by atoms with Crippen LogP contribution < -0.4 is 0 Å². The fraction of sp³-hybridized carbons (Fsp3) is 0. The maximum Gasteiger partial charge on any atom is 0.105 e. The number of fused-ring (bicyclic) bond motifs is 3. The fourth-order valence-corrected chi connectivity index (χ4v) is 10.0. The molecule has 0 spiro atoms. The van der Waals surface area contributed by atoms with E-state index in [0.717, 1.165) is 78.1 Å². The second-order valence-electron chi connectivity index (χ2n) is 15.1. The smallest absolute Gasteiger partial charge is 0.105 e. The molecule has 3 nitrogen and oxygen atoms in total. The van der Waals surface area contributed by atoms with E-state index in [2.05, 4.69) is 230 Å².